The summed E-state index contributed by atoms with van der Waals surface area (Å²) in [4.78, 5) is 12.1. The highest BCUT2D eigenvalue weighted by Crippen LogP contribution is 2.31. The molecule has 0 spiro atoms. The van der Waals surface area contributed by atoms with E-state index >= 15 is 0 Å². The lowest BCUT2D eigenvalue weighted by Gasteiger charge is -2.13. The second-order valence-corrected chi connectivity index (χ2v) is 5.34. The van der Waals surface area contributed by atoms with Crippen LogP contribution in [0, 0.1) is 24.1 Å². The molecule has 0 saturated heterocycles. The second kappa shape index (κ2) is 7.69. The average molecular weight is 305 g/mol. The maximum atomic E-state index is 14.1. The van der Waals surface area contributed by atoms with Crippen molar-refractivity contribution in [1.82, 2.24) is 5.32 Å². The molecule has 5 heteroatoms. The van der Waals surface area contributed by atoms with Crippen LogP contribution in [0.2, 0.25) is 0 Å². The van der Waals surface area contributed by atoms with Crippen LogP contribution in [0.5, 0.6) is 11.5 Å². The van der Waals surface area contributed by atoms with Gasteiger partial charge in [0.1, 0.15) is 6.61 Å². The van der Waals surface area contributed by atoms with E-state index in [1.807, 2.05) is 0 Å². The van der Waals surface area contributed by atoms with Gasteiger partial charge in [-0.15, -0.1) is 6.42 Å². The van der Waals surface area contributed by atoms with Gasteiger partial charge in [-0.25, -0.2) is 4.39 Å². The number of halogens is 1. The highest BCUT2D eigenvalue weighted by atomic mass is 19.1. The van der Waals surface area contributed by atoms with E-state index in [0.29, 0.717) is 12.5 Å². The zero-order valence-corrected chi connectivity index (χ0v) is 12.7. The smallest absolute Gasteiger partial charge is 0.251 e. The Balaban J connectivity index is 2.08. The van der Waals surface area contributed by atoms with Gasteiger partial charge < -0.3 is 14.8 Å². The van der Waals surface area contributed by atoms with Crippen LogP contribution < -0.4 is 14.8 Å². The molecule has 1 saturated carbocycles. The van der Waals surface area contributed by atoms with Gasteiger partial charge in [0.25, 0.3) is 5.91 Å². The lowest BCUT2D eigenvalue weighted by molar-refractivity contribution is 0.0946. The number of carbonyl (C=O) groups is 1. The predicted molar refractivity (Wildman–Crippen MR) is 81.6 cm³/mol. The van der Waals surface area contributed by atoms with Crippen LogP contribution in [0.25, 0.3) is 0 Å². The molecule has 22 heavy (non-hydrogen) atoms. The zero-order valence-electron chi connectivity index (χ0n) is 12.7. The normalized spacial score (nSPS) is 14.4. The highest BCUT2D eigenvalue weighted by Gasteiger charge is 2.19. The number of methoxy groups -OCH3 is 1. The Morgan fingerprint density at radius 3 is 2.82 bits per heavy atom. The standard InChI is InChI=1S/C17H20FNO3/c1-3-8-22-16-14(18)9-13(10-15(16)21-2)17(20)19-11-12-6-4-5-7-12/h1,9-10,12H,4-8,11H2,2H3,(H,19,20). The van der Waals surface area contributed by atoms with Crippen molar-refractivity contribution in [3.63, 3.8) is 0 Å². The summed E-state index contributed by atoms with van der Waals surface area (Å²) in [6, 6.07) is 2.59. The molecule has 1 aliphatic rings. The minimum Gasteiger partial charge on any atom is -0.493 e. The van der Waals surface area contributed by atoms with Crippen molar-refractivity contribution in [1.29, 1.82) is 0 Å². The Labute approximate surface area is 130 Å². The van der Waals surface area contributed by atoms with Crippen LogP contribution in [-0.4, -0.2) is 26.2 Å². The van der Waals surface area contributed by atoms with Crippen molar-refractivity contribution in [2.24, 2.45) is 5.92 Å². The first-order valence-corrected chi connectivity index (χ1v) is 7.37. The van der Waals surface area contributed by atoms with E-state index in [2.05, 4.69) is 11.2 Å². The van der Waals surface area contributed by atoms with E-state index < -0.39 is 5.82 Å². The molecule has 1 aromatic carbocycles. The van der Waals surface area contributed by atoms with E-state index in [4.69, 9.17) is 15.9 Å². The zero-order chi connectivity index (χ0) is 15.9. The highest BCUT2D eigenvalue weighted by molar-refractivity contribution is 5.95. The topological polar surface area (TPSA) is 47.6 Å². The Morgan fingerprint density at radius 2 is 2.18 bits per heavy atom. The molecule has 0 aromatic heterocycles. The first-order valence-electron chi connectivity index (χ1n) is 7.37. The van der Waals surface area contributed by atoms with Gasteiger partial charge in [0, 0.05) is 12.1 Å². The number of benzene rings is 1. The number of hydrogen-bond acceptors (Lipinski definition) is 3. The maximum Gasteiger partial charge on any atom is 0.251 e. The van der Waals surface area contributed by atoms with Crippen LogP contribution >= 0.6 is 0 Å². The van der Waals surface area contributed by atoms with Crippen molar-refractivity contribution in [3.8, 4) is 23.8 Å². The van der Waals surface area contributed by atoms with E-state index in [0.717, 1.165) is 18.9 Å². The molecule has 118 valence electrons. The van der Waals surface area contributed by atoms with E-state index in [-0.39, 0.29) is 29.6 Å². The van der Waals surface area contributed by atoms with E-state index in [1.165, 1.54) is 26.0 Å². The van der Waals surface area contributed by atoms with Gasteiger partial charge in [0.05, 0.1) is 7.11 Å². The molecule has 0 atom stereocenters. The molecular weight excluding hydrogens is 285 g/mol. The molecular formula is C17H20FNO3. The third kappa shape index (κ3) is 3.91. The Hall–Kier alpha value is -2.22. The van der Waals surface area contributed by atoms with Gasteiger partial charge >= 0.3 is 0 Å². The molecule has 0 radical (unpaired) electrons. The van der Waals surface area contributed by atoms with Gasteiger partial charge in [0.2, 0.25) is 0 Å². The van der Waals surface area contributed by atoms with Crippen LogP contribution in [0.15, 0.2) is 12.1 Å². The Bertz CT molecular complexity index is 574. The summed E-state index contributed by atoms with van der Waals surface area (Å²) in [5.41, 5.74) is 0.209. The molecule has 2 rings (SSSR count). The summed E-state index contributed by atoms with van der Waals surface area (Å²) in [5.74, 6) is 1.88. The average Bonchev–Trinajstić information content (AvgIpc) is 3.04. The predicted octanol–water partition coefficient (Wildman–Crippen LogP) is 2.77. The molecule has 1 amide bonds. The fourth-order valence-electron chi connectivity index (χ4n) is 2.66. The SMILES string of the molecule is C#CCOc1c(F)cc(C(=O)NCC2CCCC2)cc1OC. The minimum absolute atomic E-state index is 0.0689. The lowest BCUT2D eigenvalue weighted by atomic mass is 10.1. The van der Waals surface area contributed by atoms with Gasteiger partial charge in [0.15, 0.2) is 17.3 Å². The number of nitrogens with one attached hydrogen (secondary N) is 1. The maximum absolute atomic E-state index is 14.1. The Morgan fingerprint density at radius 1 is 1.45 bits per heavy atom. The Kier molecular flexibility index (Phi) is 5.65. The van der Waals surface area contributed by atoms with Gasteiger partial charge in [-0.1, -0.05) is 18.8 Å². The fraction of sp³-hybridized carbons (Fsp3) is 0.471. The first kappa shape index (κ1) is 16.2. The molecule has 0 aliphatic heterocycles. The molecule has 0 unspecified atom stereocenters. The number of ether oxygens (including phenoxy) is 2. The number of rotatable bonds is 6. The molecule has 1 fully saturated rings. The summed E-state index contributed by atoms with van der Waals surface area (Å²) in [7, 11) is 1.39. The molecule has 1 aliphatic carbocycles. The molecule has 1 N–H and O–H groups in total. The number of amides is 1. The van der Waals surface area contributed by atoms with E-state index in [9.17, 15) is 9.18 Å². The fourth-order valence-corrected chi connectivity index (χ4v) is 2.66. The monoisotopic (exact) mass is 305 g/mol. The minimum atomic E-state index is -0.666. The van der Waals surface area contributed by atoms with Crippen molar-refractivity contribution >= 4 is 5.91 Å². The second-order valence-electron chi connectivity index (χ2n) is 5.34. The van der Waals surface area contributed by atoms with Crippen molar-refractivity contribution in [2.45, 2.75) is 25.7 Å². The summed E-state index contributed by atoms with van der Waals surface area (Å²) in [6.07, 6.45) is 9.79. The molecule has 0 heterocycles. The van der Waals surface area contributed by atoms with Gasteiger partial charge in [-0.05, 0) is 30.9 Å². The number of hydrogen-bond donors (Lipinski definition) is 1. The van der Waals surface area contributed by atoms with Crippen molar-refractivity contribution in [3.05, 3.63) is 23.5 Å². The van der Waals surface area contributed by atoms with Gasteiger partial charge in [-0.3, -0.25) is 4.79 Å². The van der Waals surface area contributed by atoms with E-state index in [1.54, 1.807) is 0 Å². The summed E-state index contributed by atoms with van der Waals surface area (Å²) in [6.45, 7) is 0.554. The lowest BCUT2D eigenvalue weighted by Crippen LogP contribution is -2.28. The van der Waals surface area contributed by atoms with Crippen LogP contribution in [0.1, 0.15) is 36.0 Å². The van der Waals surface area contributed by atoms with Crippen molar-refractivity contribution < 1.29 is 18.7 Å². The number of carbonyl (C=O) groups excluding carboxylic acids is 1. The largest absolute Gasteiger partial charge is 0.493 e. The quantitative estimate of drug-likeness (QED) is 0.822. The van der Waals surface area contributed by atoms with Crippen LogP contribution in [-0.2, 0) is 0 Å². The van der Waals surface area contributed by atoms with Crippen LogP contribution in [0.4, 0.5) is 4.39 Å². The molecule has 1 aromatic rings. The van der Waals surface area contributed by atoms with Crippen molar-refractivity contribution in [2.75, 3.05) is 20.3 Å². The molecule has 0 bridgehead atoms. The third-order valence-corrected chi connectivity index (χ3v) is 3.82. The first-order chi connectivity index (χ1) is 10.7. The van der Waals surface area contributed by atoms with Gasteiger partial charge in [-0.2, -0.15) is 0 Å². The summed E-state index contributed by atoms with van der Waals surface area (Å²) in [5, 5.41) is 2.85. The van der Waals surface area contributed by atoms with Crippen LogP contribution in [0.3, 0.4) is 0 Å². The third-order valence-electron chi connectivity index (χ3n) is 3.82. The molecule has 4 nitrogen and oxygen atoms in total. The summed E-state index contributed by atoms with van der Waals surface area (Å²) < 4.78 is 24.3. The number of terminal acetylenes is 1. The summed E-state index contributed by atoms with van der Waals surface area (Å²) >= 11 is 0.